The molecule has 230 valence electrons. The molecule has 11 heteroatoms. The van der Waals surface area contributed by atoms with Crippen molar-refractivity contribution in [3.8, 4) is 17.6 Å². The maximum atomic E-state index is 14.9. The molecule has 0 saturated carbocycles. The monoisotopic (exact) mass is 624 g/mol. The van der Waals surface area contributed by atoms with E-state index in [1.54, 1.807) is 6.07 Å². The van der Waals surface area contributed by atoms with Gasteiger partial charge in [-0.2, -0.15) is 22.0 Å². The second kappa shape index (κ2) is 13.0. The molecule has 0 aliphatic carbocycles. The number of alkyl halides is 5. The Hall–Kier alpha value is -4.46. The lowest BCUT2D eigenvalue weighted by molar-refractivity contribution is -0.189. The summed E-state index contributed by atoms with van der Waals surface area (Å²) in [5.41, 5.74) is -2.22. The normalized spacial score (nSPS) is 12.1. The van der Waals surface area contributed by atoms with Crippen LogP contribution in [-0.2, 0) is 12.5 Å². The molecule has 0 aromatic heterocycles. The van der Waals surface area contributed by atoms with Crippen LogP contribution in [0.4, 0.5) is 43.9 Å². The fraction of sp³-hybridized carbons (Fsp3) is 0.212. The largest absolute Gasteiger partial charge is 0.458 e. The second-order valence-corrected chi connectivity index (χ2v) is 9.80. The molecule has 0 spiro atoms. The van der Waals surface area contributed by atoms with E-state index in [1.807, 2.05) is 6.92 Å². The SMILES string of the molecule is CCCCCc1ccc(/C=C/c2cc(F)c(C(F)(F)Oc3ccc4c(F)c(C#CC(F)(F)F)c(F)cc4c3)c(F)c2)c(F)c1. The van der Waals surface area contributed by atoms with Crippen LogP contribution in [0.1, 0.15) is 54.0 Å². The molecule has 0 heterocycles. The second-order valence-electron chi connectivity index (χ2n) is 9.80. The van der Waals surface area contributed by atoms with E-state index >= 15 is 0 Å². The molecule has 0 amide bonds. The van der Waals surface area contributed by atoms with Gasteiger partial charge in [0.15, 0.2) is 0 Å². The smallest absolute Gasteiger partial charge is 0.429 e. The molecule has 0 saturated heterocycles. The summed E-state index contributed by atoms with van der Waals surface area (Å²) in [5, 5.41) is -0.863. The topological polar surface area (TPSA) is 9.23 Å². The number of rotatable bonds is 9. The van der Waals surface area contributed by atoms with Crippen molar-refractivity contribution in [1.29, 1.82) is 0 Å². The highest BCUT2D eigenvalue weighted by Crippen LogP contribution is 2.37. The van der Waals surface area contributed by atoms with E-state index in [2.05, 4.69) is 4.74 Å². The Morgan fingerprint density at radius 1 is 0.750 bits per heavy atom. The first-order valence-corrected chi connectivity index (χ1v) is 13.2. The lowest BCUT2D eigenvalue weighted by atomic mass is 10.0. The average molecular weight is 625 g/mol. The first-order chi connectivity index (χ1) is 20.7. The number of benzene rings is 4. The van der Waals surface area contributed by atoms with E-state index in [-0.39, 0.29) is 11.1 Å². The number of hydrogen-bond acceptors (Lipinski definition) is 1. The number of hydrogen-bond donors (Lipinski definition) is 0. The quantitative estimate of drug-likeness (QED) is 0.0780. The summed E-state index contributed by atoms with van der Waals surface area (Å²) in [7, 11) is 0. The van der Waals surface area contributed by atoms with Crippen LogP contribution in [0.15, 0.2) is 54.6 Å². The number of unbranched alkanes of at least 4 members (excludes halogenated alkanes) is 2. The molecule has 4 aromatic rings. The van der Waals surface area contributed by atoms with Crippen molar-refractivity contribution in [2.75, 3.05) is 0 Å². The van der Waals surface area contributed by atoms with Crippen molar-refractivity contribution in [2.45, 2.75) is 44.9 Å². The molecule has 0 radical (unpaired) electrons. The molecule has 0 aliphatic heterocycles. The molecule has 4 rings (SSSR count). The molecule has 0 unspecified atom stereocenters. The first-order valence-electron chi connectivity index (χ1n) is 13.2. The molecule has 0 bridgehead atoms. The van der Waals surface area contributed by atoms with Gasteiger partial charge in [0.2, 0.25) is 0 Å². The third-order valence-electron chi connectivity index (χ3n) is 6.52. The zero-order valence-electron chi connectivity index (χ0n) is 22.9. The van der Waals surface area contributed by atoms with E-state index in [9.17, 15) is 43.9 Å². The van der Waals surface area contributed by atoms with Gasteiger partial charge in [-0.1, -0.05) is 50.0 Å². The van der Waals surface area contributed by atoms with Gasteiger partial charge < -0.3 is 4.74 Å². The van der Waals surface area contributed by atoms with E-state index in [4.69, 9.17) is 0 Å². The van der Waals surface area contributed by atoms with Crippen molar-refractivity contribution < 1.29 is 48.6 Å². The molecule has 0 N–H and O–H groups in total. The number of aryl methyl sites for hydroxylation is 1. The van der Waals surface area contributed by atoms with Crippen LogP contribution in [-0.4, -0.2) is 6.18 Å². The van der Waals surface area contributed by atoms with Crippen LogP contribution in [0.5, 0.6) is 5.75 Å². The standard InChI is InChI=1S/C33H22F10O/c1-2-3-4-5-19-6-8-21(26(34)14-19)9-7-20-15-28(36)30(29(37)16-20)33(42,43)44-23-10-11-24-22(17-23)18-27(35)25(31(24)38)12-13-32(39,40)41/h6-11,14-18H,2-5H2,1H3/b9-7+. The van der Waals surface area contributed by atoms with Crippen LogP contribution in [0.3, 0.4) is 0 Å². The summed E-state index contributed by atoms with van der Waals surface area (Å²) in [4.78, 5) is 0. The Kier molecular flexibility index (Phi) is 9.62. The molecular weight excluding hydrogens is 602 g/mol. The average Bonchev–Trinajstić information content (AvgIpc) is 2.91. The number of fused-ring (bicyclic) bond motifs is 1. The zero-order chi connectivity index (χ0) is 32.2. The van der Waals surface area contributed by atoms with Crippen molar-refractivity contribution in [1.82, 2.24) is 0 Å². The molecular formula is C33H22F10O. The third kappa shape index (κ3) is 7.73. The van der Waals surface area contributed by atoms with Crippen molar-refractivity contribution >= 4 is 22.9 Å². The third-order valence-corrected chi connectivity index (χ3v) is 6.52. The zero-order valence-corrected chi connectivity index (χ0v) is 22.9. The Morgan fingerprint density at radius 3 is 2.09 bits per heavy atom. The van der Waals surface area contributed by atoms with Crippen LogP contribution < -0.4 is 4.74 Å². The number of halogens is 10. The first kappa shape index (κ1) is 32.5. The minimum Gasteiger partial charge on any atom is -0.429 e. The van der Waals surface area contributed by atoms with E-state index in [0.717, 1.165) is 49.0 Å². The maximum absolute atomic E-state index is 14.9. The maximum Gasteiger partial charge on any atom is 0.458 e. The fourth-order valence-electron chi connectivity index (χ4n) is 4.41. The highest BCUT2D eigenvalue weighted by molar-refractivity contribution is 5.86. The summed E-state index contributed by atoms with van der Waals surface area (Å²) in [6.45, 7) is 2.04. The van der Waals surface area contributed by atoms with Gasteiger partial charge in [0.25, 0.3) is 0 Å². The summed E-state index contributed by atoms with van der Waals surface area (Å²) in [5.74, 6) is -5.57. The van der Waals surface area contributed by atoms with Gasteiger partial charge in [-0.25, -0.2) is 22.0 Å². The fourth-order valence-corrected chi connectivity index (χ4v) is 4.41. The predicted molar refractivity (Wildman–Crippen MR) is 146 cm³/mol. The van der Waals surface area contributed by atoms with E-state index < -0.39 is 69.0 Å². The van der Waals surface area contributed by atoms with Crippen LogP contribution >= 0.6 is 0 Å². The Balaban J connectivity index is 1.56. The summed E-state index contributed by atoms with van der Waals surface area (Å²) >= 11 is 0. The molecule has 4 aromatic carbocycles. The number of ether oxygens (including phenoxy) is 1. The van der Waals surface area contributed by atoms with Gasteiger partial charge in [-0.15, -0.1) is 0 Å². The van der Waals surface area contributed by atoms with Crippen LogP contribution in [0.25, 0.3) is 22.9 Å². The lowest BCUT2D eigenvalue weighted by Crippen LogP contribution is -2.25. The van der Waals surface area contributed by atoms with Gasteiger partial charge >= 0.3 is 12.3 Å². The highest BCUT2D eigenvalue weighted by atomic mass is 19.4. The van der Waals surface area contributed by atoms with E-state index in [1.165, 1.54) is 24.1 Å². The van der Waals surface area contributed by atoms with Crippen molar-refractivity contribution in [2.24, 2.45) is 0 Å². The molecule has 44 heavy (non-hydrogen) atoms. The lowest BCUT2D eigenvalue weighted by Gasteiger charge is -2.20. The van der Waals surface area contributed by atoms with Gasteiger partial charge in [0.05, 0.1) is 5.56 Å². The minimum atomic E-state index is -5.02. The van der Waals surface area contributed by atoms with Gasteiger partial charge in [0.1, 0.15) is 40.4 Å². The van der Waals surface area contributed by atoms with Gasteiger partial charge in [-0.05, 0) is 71.8 Å². The predicted octanol–water partition coefficient (Wildman–Crippen LogP) is 10.5. The minimum absolute atomic E-state index is 0.117. The molecule has 0 atom stereocenters. The van der Waals surface area contributed by atoms with Crippen LogP contribution in [0.2, 0.25) is 0 Å². The Morgan fingerprint density at radius 2 is 1.45 bits per heavy atom. The molecule has 0 fully saturated rings. The van der Waals surface area contributed by atoms with Crippen molar-refractivity contribution in [3.05, 3.63) is 112 Å². The van der Waals surface area contributed by atoms with Crippen molar-refractivity contribution in [3.63, 3.8) is 0 Å². The summed E-state index contributed by atoms with van der Waals surface area (Å²) < 4.78 is 144. The molecule has 1 nitrogen and oxygen atoms in total. The summed E-state index contributed by atoms with van der Waals surface area (Å²) in [6.07, 6.45) is -3.66. The van der Waals surface area contributed by atoms with Crippen LogP contribution in [0, 0.1) is 40.9 Å². The molecule has 0 aliphatic rings. The van der Waals surface area contributed by atoms with Gasteiger partial charge in [0, 0.05) is 16.9 Å². The van der Waals surface area contributed by atoms with E-state index in [0.29, 0.717) is 30.7 Å². The summed E-state index contributed by atoms with van der Waals surface area (Å²) in [6, 6.07) is 8.59. The highest BCUT2D eigenvalue weighted by Gasteiger charge is 2.41. The Labute approximate surface area is 245 Å². The van der Waals surface area contributed by atoms with Gasteiger partial charge in [-0.3, -0.25) is 0 Å². The Bertz CT molecular complexity index is 1750.